The van der Waals surface area contributed by atoms with Gasteiger partial charge in [0.05, 0.1) is 0 Å². The smallest absolute Gasteiger partial charge is 0.264 e. The number of halogens is 2. The van der Waals surface area contributed by atoms with Crippen molar-refractivity contribution in [3.8, 4) is 0 Å². The number of hydrogen-bond donors (Lipinski definition) is 1. The molecule has 1 nitrogen and oxygen atoms in total. The van der Waals surface area contributed by atoms with E-state index in [4.69, 9.17) is 5.11 Å². The Labute approximate surface area is 41.0 Å². The van der Waals surface area contributed by atoms with Crippen LogP contribution in [-0.2, 0) is 0 Å². The summed E-state index contributed by atoms with van der Waals surface area (Å²) < 4.78 is 22.4. The molecule has 44 valence electrons. The van der Waals surface area contributed by atoms with Crippen LogP contribution in [0.1, 0.15) is 13.3 Å². The first kappa shape index (κ1) is 6.82. The van der Waals surface area contributed by atoms with Crippen molar-refractivity contribution < 1.29 is 13.9 Å². The zero-order chi connectivity index (χ0) is 5.86. The summed E-state index contributed by atoms with van der Waals surface area (Å²) >= 11 is 0. The normalized spacial score (nSPS) is 15.0. The van der Waals surface area contributed by atoms with Crippen LogP contribution in [0.5, 0.6) is 0 Å². The van der Waals surface area contributed by atoms with Crippen molar-refractivity contribution in [1.29, 1.82) is 0 Å². The van der Waals surface area contributed by atoms with E-state index in [1.165, 1.54) is 6.92 Å². The Morgan fingerprint density at radius 3 is 2.00 bits per heavy atom. The monoisotopic (exact) mass is 110 g/mol. The van der Waals surface area contributed by atoms with Crippen LogP contribution in [0.15, 0.2) is 0 Å². The lowest BCUT2D eigenvalue weighted by atomic mass is 10.3. The van der Waals surface area contributed by atoms with Crippen LogP contribution in [0.3, 0.4) is 0 Å². The summed E-state index contributed by atoms with van der Waals surface area (Å²) in [7, 11) is 0. The third kappa shape index (κ3) is 2.51. The Kier molecular flexibility index (Phi) is 2.83. The molecule has 0 radical (unpaired) electrons. The highest BCUT2D eigenvalue weighted by molar-refractivity contribution is 4.51. The largest absolute Gasteiger partial charge is 0.387 e. The van der Waals surface area contributed by atoms with Crippen LogP contribution < -0.4 is 0 Å². The van der Waals surface area contributed by atoms with Crippen LogP contribution in [-0.4, -0.2) is 17.6 Å². The maximum absolute atomic E-state index is 11.2. The van der Waals surface area contributed by atoms with Crippen LogP contribution >= 0.6 is 0 Å². The molecule has 0 rings (SSSR count). The second kappa shape index (κ2) is 2.91. The summed E-state index contributed by atoms with van der Waals surface area (Å²) in [6.45, 7) is 1.51. The molecule has 0 saturated heterocycles. The molecule has 0 aromatic carbocycles. The van der Waals surface area contributed by atoms with Crippen molar-refractivity contribution in [2.75, 3.05) is 0 Å². The average molecular weight is 110 g/mol. The summed E-state index contributed by atoms with van der Waals surface area (Å²) in [6.07, 6.45) is -3.89. The molecule has 0 heterocycles. The Bertz CT molecular complexity index is 47.0. The van der Waals surface area contributed by atoms with Crippen molar-refractivity contribution in [3.63, 3.8) is 0 Å². The molecule has 1 atom stereocenters. The third-order valence-electron chi connectivity index (χ3n) is 0.709. The van der Waals surface area contributed by atoms with Crippen LogP contribution in [0, 0.1) is 0 Å². The first-order valence-corrected chi connectivity index (χ1v) is 2.14. The molecule has 0 fully saturated rings. The van der Waals surface area contributed by atoms with E-state index >= 15 is 0 Å². The Morgan fingerprint density at radius 1 is 1.57 bits per heavy atom. The van der Waals surface area contributed by atoms with Gasteiger partial charge in [0.2, 0.25) is 0 Å². The Morgan fingerprint density at radius 2 is 2.00 bits per heavy atom. The Hall–Kier alpha value is -0.180. The van der Waals surface area contributed by atoms with Crippen molar-refractivity contribution in [2.45, 2.75) is 25.9 Å². The lowest BCUT2D eigenvalue weighted by Gasteiger charge is -2.02. The fraction of sp³-hybridized carbons (Fsp3) is 1.00. The molecule has 3 heteroatoms. The molecular formula is C4H8F2O. The standard InChI is InChI=1S/C4H8F2O/c1-2-3(7)4(5)6/h3-4,7H,2H2,1H3/t3-/m1/s1. The molecule has 0 saturated carbocycles. The molecule has 0 aliphatic carbocycles. The van der Waals surface area contributed by atoms with E-state index in [2.05, 4.69) is 0 Å². The molecule has 0 aliphatic rings. The fourth-order valence-electron chi connectivity index (χ4n) is 0.178. The minimum Gasteiger partial charge on any atom is -0.387 e. The summed E-state index contributed by atoms with van der Waals surface area (Å²) in [5.74, 6) is 0. The van der Waals surface area contributed by atoms with E-state index in [-0.39, 0.29) is 6.42 Å². The zero-order valence-corrected chi connectivity index (χ0v) is 4.06. The van der Waals surface area contributed by atoms with Gasteiger partial charge in [-0.25, -0.2) is 8.78 Å². The molecular weight excluding hydrogens is 102 g/mol. The van der Waals surface area contributed by atoms with Crippen LogP contribution in [0.25, 0.3) is 0 Å². The van der Waals surface area contributed by atoms with E-state index in [1.54, 1.807) is 0 Å². The number of aliphatic hydroxyl groups excluding tert-OH is 1. The first-order chi connectivity index (χ1) is 3.18. The van der Waals surface area contributed by atoms with Gasteiger partial charge in [-0.1, -0.05) is 6.92 Å². The van der Waals surface area contributed by atoms with E-state index in [0.29, 0.717) is 0 Å². The minimum atomic E-state index is -2.58. The molecule has 0 aromatic rings. The molecule has 0 aliphatic heterocycles. The second-order valence-electron chi connectivity index (χ2n) is 1.31. The summed E-state index contributed by atoms with van der Waals surface area (Å²) in [6, 6.07) is 0. The predicted molar refractivity (Wildman–Crippen MR) is 22.3 cm³/mol. The van der Waals surface area contributed by atoms with Gasteiger partial charge in [0.25, 0.3) is 6.43 Å². The Balaban J connectivity index is 3.14. The van der Waals surface area contributed by atoms with Gasteiger partial charge in [-0.3, -0.25) is 0 Å². The molecule has 0 spiro atoms. The van der Waals surface area contributed by atoms with Gasteiger partial charge in [-0.2, -0.15) is 0 Å². The minimum absolute atomic E-state index is 0.123. The quantitative estimate of drug-likeness (QED) is 0.562. The fourth-order valence-corrected chi connectivity index (χ4v) is 0.178. The summed E-state index contributed by atoms with van der Waals surface area (Å²) in [5.41, 5.74) is 0. The van der Waals surface area contributed by atoms with E-state index in [1.807, 2.05) is 0 Å². The van der Waals surface area contributed by atoms with E-state index in [0.717, 1.165) is 0 Å². The predicted octanol–water partition coefficient (Wildman–Crippen LogP) is 1.02. The lowest BCUT2D eigenvalue weighted by Crippen LogP contribution is -2.14. The number of hydrogen-bond acceptors (Lipinski definition) is 1. The van der Waals surface area contributed by atoms with Gasteiger partial charge in [-0.15, -0.1) is 0 Å². The van der Waals surface area contributed by atoms with Gasteiger partial charge in [0, 0.05) is 0 Å². The van der Waals surface area contributed by atoms with Gasteiger partial charge in [-0.05, 0) is 6.42 Å². The second-order valence-corrected chi connectivity index (χ2v) is 1.31. The SMILES string of the molecule is CC[C@@H](O)C(F)F. The average Bonchev–Trinajstić information content (AvgIpc) is 1.65. The van der Waals surface area contributed by atoms with Crippen molar-refractivity contribution in [3.05, 3.63) is 0 Å². The number of aliphatic hydroxyl groups is 1. The molecule has 0 aromatic heterocycles. The van der Waals surface area contributed by atoms with E-state index in [9.17, 15) is 8.78 Å². The summed E-state index contributed by atoms with van der Waals surface area (Å²) in [4.78, 5) is 0. The van der Waals surface area contributed by atoms with Gasteiger partial charge in [0.15, 0.2) is 0 Å². The summed E-state index contributed by atoms with van der Waals surface area (Å²) in [5, 5.41) is 8.19. The van der Waals surface area contributed by atoms with Gasteiger partial charge in [0.1, 0.15) is 6.10 Å². The van der Waals surface area contributed by atoms with Crippen molar-refractivity contribution in [2.24, 2.45) is 0 Å². The molecule has 7 heavy (non-hydrogen) atoms. The topological polar surface area (TPSA) is 20.2 Å². The maximum Gasteiger partial charge on any atom is 0.264 e. The highest BCUT2D eigenvalue weighted by Crippen LogP contribution is 2.02. The molecule has 1 N–H and O–H groups in total. The third-order valence-corrected chi connectivity index (χ3v) is 0.709. The van der Waals surface area contributed by atoms with Gasteiger partial charge >= 0.3 is 0 Å². The maximum atomic E-state index is 11.2. The molecule has 0 unspecified atom stereocenters. The number of alkyl halides is 2. The number of rotatable bonds is 2. The van der Waals surface area contributed by atoms with E-state index < -0.39 is 12.5 Å². The first-order valence-electron chi connectivity index (χ1n) is 2.14. The highest BCUT2D eigenvalue weighted by atomic mass is 19.3. The molecule has 0 bridgehead atoms. The van der Waals surface area contributed by atoms with Gasteiger partial charge < -0.3 is 5.11 Å². The van der Waals surface area contributed by atoms with Crippen molar-refractivity contribution in [1.82, 2.24) is 0 Å². The zero-order valence-electron chi connectivity index (χ0n) is 4.06. The van der Waals surface area contributed by atoms with Crippen molar-refractivity contribution >= 4 is 0 Å². The lowest BCUT2D eigenvalue weighted by molar-refractivity contribution is -0.00595. The molecule has 0 amide bonds. The van der Waals surface area contributed by atoms with Crippen LogP contribution in [0.4, 0.5) is 8.78 Å². The highest BCUT2D eigenvalue weighted by Gasteiger charge is 2.12. The van der Waals surface area contributed by atoms with Crippen LogP contribution in [0.2, 0.25) is 0 Å².